The molecular formula is C13H16F6N2. The molecule has 1 aromatic carbocycles. The van der Waals surface area contributed by atoms with Crippen molar-refractivity contribution in [2.45, 2.75) is 25.7 Å². The van der Waals surface area contributed by atoms with Crippen LogP contribution in [0, 0.1) is 0 Å². The molecule has 0 aromatic heterocycles. The second kappa shape index (κ2) is 6.55. The van der Waals surface area contributed by atoms with Gasteiger partial charge in [-0.1, -0.05) is 6.07 Å². The van der Waals surface area contributed by atoms with Gasteiger partial charge in [-0.05, 0) is 37.6 Å². The molecule has 2 nitrogen and oxygen atoms in total. The summed E-state index contributed by atoms with van der Waals surface area (Å²) in [7, 11) is 0. The number of halogens is 6. The average Bonchev–Trinajstić information content (AvgIpc) is 2.34. The largest absolute Gasteiger partial charge is 0.416 e. The monoisotopic (exact) mass is 314 g/mol. The first-order chi connectivity index (χ1) is 9.58. The maximum atomic E-state index is 13.0. The highest BCUT2D eigenvalue weighted by atomic mass is 19.4. The predicted molar refractivity (Wildman–Crippen MR) is 68.1 cm³/mol. The van der Waals surface area contributed by atoms with Gasteiger partial charge < -0.3 is 10.6 Å². The topological polar surface area (TPSA) is 29.3 Å². The molecule has 2 N–H and O–H groups in total. The smallest absolute Gasteiger partial charge is 0.363 e. The predicted octanol–water partition coefficient (Wildman–Crippen LogP) is 3.60. The quantitative estimate of drug-likeness (QED) is 0.842. The number of rotatable bonds is 5. The van der Waals surface area contributed by atoms with Gasteiger partial charge in [0.2, 0.25) is 0 Å². The van der Waals surface area contributed by atoms with E-state index in [0.29, 0.717) is 0 Å². The maximum Gasteiger partial charge on any atom is 0.416 e. The van der Waals surface area contributed by atoms with E-state index in [-0.39, 0.29) is 30.8 Å². The molecule has 0 fully saturated rings. The Bertz CT molecular complexity index is 467. The SMILES string of the molecule is CCN(CC(F)(F)F)c1ccc(CCN)c(C(F)(F)F)c1. The zero-order chi connectivity index (χ0) is 16.3. The third-order valence-corrected chi connectivity index (χ3v) is 2.93. The fourth-order valence-electron chi connectivity index (χ4n) is 2.00. The first-order valence-electron chi connectivity index (χ1n) is 6.30. The van der Waals surface area contributed by atoms with Crippen molar-refractivity contribution in [3.8, 4) is 0 Å². The highest BCUT2D eigenvalue weighted by molar-refractivity contribution is 5.52. The van der Waals surface area contributed by atoms with Crippen LogP contribution in [0.4, 0.5) is 32.0 Å². The summed E-state index contributed by atoms with van der Waals surface area (Å²) in [5, 5.41) is 0. The second-order valence-corrected chi connectivity index (χ2v) is 4.51. The molecule has 120 valence electrons. The molecule has 0 aliphatic heterocycles. The third-order valence-electron chi connectivity index (χ3n) is 2.93. The second-order valence-electron chi connectivity index (χ2n) is 4.51. The molecule has 0 heterocycles. The Balaban J connectivity index is 3.20. The Kier molecular flexibility index (Phi) is 5.49. The van der Waals surface area contributed by atoms with Crippen LogP contribution < -0.4 is 10.6 Å². The van der Waals surface area contributed by atoms with Crippen LogP contribution in [-0.4, -0.2) is 25.8 Å². The first kappa shape index (κ1) is 17.6. The summed E-state index contributed by atoms with van der Waals surface area (Å²) in [4.78, 5) is 0.849. The highest BCUT2D eigenvalue weighted by Gasteiger charge is 2.35. The Hall–Kier alpha value is -1.44. The van der Waals surface area contributed by atoms with E-state index in [9.17, 15) is 26.3 Å². The zero-order valence-electron chi connectivity index (χ0n) is 11.4. The number of benzene rings is 1. The van der Waals surface area contributed by atoms with Crippen LogP contribution in [0.25, 0.3) is 0 Å². The van der Waals surface area contributed by atoms with E-state index in [1.807, 2.05) is 0 Å². The molecule has 0 spiro atoms. The van der Waals surface area contributed by atoms with Crippen molar-refractivity contribution in [2.24, 2.45) is 5.73 Å². The lowest BCUT2D eigenvalue weighted by molar-refractivity contribution is -0.138. The van der Waals surface area contributed by atoms with Gasteiger partial charge in [0, 0.05) is 12.2 Å². The summed E-state index contributed by atoms with van der Waals surface area (Å²) < 4.78 is 76.2. The Morgan fingerprint density at radius 2 is 1.71 bits per heavy atom. The van der Waals surface area contributed by atoms with Crippen LogP contribution in [0.5, 0.6) is 0 Å². The van der Waals surface area contributed by atoms with Crippen molar-refractivity contribution in [3.63, 3.8) is 0 Å². The number of nitrogens with two attached hydrogens (primary N) is 1. The molecule has 0 atom stereocenters. The minimum absolute atomic E-state index is 0.0144. The standard InChI is InChI=1S/C13H16F6N2/c1-2-21(8-12(14,15)16)10-4-3-9(5-6-20)11(7-10)13(17,18)19/h3-4,7H,2,5-6,8,20H2,1H3. The molecule has 0 radical (unpaired) electrons. The average molecular weight is 314 g/mol. The van der Waals surface area contributed by atoms with E-state index in [4.69, 9.17) is 5.73 Å². The summed E-state index contributed by atoms with van der Waals surface area (Å²) in [5.74, 6) is 0. The van der Waals surface area contributed by atoms with Crippen LogP contribution in [-0.2, 0) is 12.6 Å². The van der Waals surface area contributed by atoms with Crippen LogP contribution in [0.2, 0.25) is 0 Å². The molecule has 8 heteroatoms. The van der Waals surface area contributed by atoms with Crippen LogP contribution in [0.3, 0.4) is 0 Å². The lowest BCUT2D eigenvalue weighted by Gasteiger charge is -2.26. The fraction of sp³-hybridized carbons (Fsp3) is 0.538. The van der Waals surface area contributed by atoms with E-state index in [1.165, 1.54) is 19.1 Å². The molecule has 1 rings (SSSR count). The molecule has 0 saturated heterocycles. The number of hydrogen-bond donors (Lipinski definition) is 1. The van der Waals surface area contributed by atoms with Gasteiger partial charge >= 0.3 is 12.4 Å². The Labute approximate surface area is 118 Å². The van der Waals surface area contributed by atoms with Gasteiger partial charge in [0.1, 0.15) is 6.54 Å². The molecule has 0 amide bonds. The van der Waals surface area contributed by atoms with Crippen molar-refractivity contribution in [2.75, 3.05) is 24.5 Å². The Morgan fingerprint density at radius 1 is 1.10 bits per heavy atom. The molecule has 1 aromatic rings. The van der Waals surface area contributed by atoms with Gasteiger partial charge in [-0.3, -0.25) is 0 Å². The molecule has 0 aliphatic carbocycles. The number of hydrogen-bond acceptors (Lipinski definition) is 2. The lowest BCUT2D eigenvalue weighted by atomic mass is 10.0. The van der Waals surface area contributed by atoms with Crippen molar-refractivity contribution in [1.29, 1.82) is 0 Å². The minimum atomic E-state index is -4.63. The molecule has 0 bridgehead atoms. The number of nitrogens with zero attached hydrogens (tertiary/aromatic N) is 1. The van der Waals surface area contributed by atoms with E-state index >= 15 is 0 Å². The van der Waals surface area contributed by atoms with Crippen LogP contribution in [0.1, 0.15) is 18.1 Å². The number of anilines is 1. The molecule has 0 saturated carbocycles. The van der Waals surface area contributed by atoms with Gasteiger partial charge in [0.15, 0.2) is 0 Å². The third kappa shape index (κ3) is 5.11. The summed E-state index contributed by atoms with van der Waals surface area (Å²) in [5.41, 5.74) is 4.19. The van der Waals surface area contributed by atoms with Gasteiger partial charge in [-0.2, -0.15) is 26.3 Å². The number of alkyl halides is 6. The molecular weight excluding hydrogens is 298 g/mol. The maximum absolute atomic E-state index is 13.0. The minimum Gasteiger partial charge on any atom is -0.363 e. The summed E-state index contributed by atoms with van der Waals surface area (Å²) in [6.45, 7) is 0.138. The summed E-state index contributed by atoms with van der Waals surface area (Å²) >= 11 is 0. The van der Waals surface area contributed by atoms with Crippen molar-refractivity contribution >= 4 is 5.69 Å². The molecule has 21 heavy (non-hydrogen) atoms. The van der Waals surface area contributed by atoms with Crippen molar-refractivity contribution < 1.29 is 26.3 Å². The molecule has 0 unspecified atom stereocenters. The Morgan fingerprint density at radius 3 is 2.14 bits per heavy atom. The van der Waals surface area contributed by atoms with E-state index in [0.717, 1.165) is 11.0 Å². The van der Waals surface area contributed by atoms with Gasteiger partial charge in [-0.25, -0.2) is 0 Å². The van der Waals surface area contributed by atoms with E-state index in [1.54, 1.807) is 0 Å². The summed E-state index contributed by atoms with van der Waals surface area (Å²) in [6, 6.07) is 3.19. The van der Waals surface area contributed by atoms with Gasteiger partial charge in [0.25, 0.3) is 0 Å². The van der Waals surface area contributed by atoms with Crippen LogP contribution >= 0.6 is 0 Å². The van der Waals surface area contributed by atoms with Gasteiger partial charge in [-0.15, -0.1) is 0 Å². The van der Waals surface area contributed by atoms with E-state index in [2.05, 4.69) is 0 Å². The van der Waals surface area contributed by atoms with Crippen molar-refractivity contribution in [3.05, 3.63) is 29.3 Å². The van der Waals surface area contributed by atoms with Crippen molar-refractivity contribution in [1.82, 2.24) is 0 Å². The fourth-order valence-corrected chi connectivity index (χ4v) is 2.00. The van der Waals surface area contributed by atoms with E-state index < -0.39 is 24.5 Å². The first-order valence-corrected chi connectivity index (χ1v) is 6.30. The molecule has 0 aliphatic rings. The van der Waals surface area contributed by atoms with Crippen LogP contribution in [0.15, 0.2) is 18.2 Å². The zero-order valence-corrected chi connectivity index (χ0v) is 11.4. The summed E-state index contributed by atoms with van der Waals surface area (Å²) in [6.07, 6.45) is -9.09. The normalized spacial score (nSPS) is 12.6. The lowest BCUT2D eigenvalue weighted by Crippen LogP contribution is -2.34. The highest BCUT2D eigenvalue weighted by Crippen LogP contribution is 2.35. The van der Waals surface area contributed by atoms with Gasteiger partial charge in [0.05, 0.1) is 5.56 Å².